The molecule has 0 radical (unpaired) electrons. The van der Waals surface area contributed by atoms with Gasteiger partial charge in [0.1, 0.15) is 10.7 Å². The van der Waals surface area contributed by atoms with Gasteiger partial charge in [-0.3, -0.25) is 4.79 Å². The van der Waals surface area contributed by atoms with Crippen LogP contribution in [0.2, 0.25) is 0 Å². The Morgan fingerprint density at radius 3 is 2.97 bits per heavy atom. The van der Waals surface area contributed by atoms with Crippen molar-refractivity contribution in [3.63, 3.8) is 0 Å². The number of thioether (sulfide) groups is 1. The molecule has 2 heterocycles. The van der Waals surface area contributed by atoms with E-state index < -0.39 is 0 Å². The lowest BCUT2D eigenvalue weighted by Gasteiger charge is -2.17. The highest BCUT2D eigenvalue weighted by molar-refractivity contribution is 7.98. The lowest BCUT2D eigenvalue weighted by atomic mass is 9.89. The zero-order valence-electron chi connectivity index (χ0n) is 16.7. The second kappa shape index (κ2) is 7.62. The number of benzene rings is 2. The monoisotopic (exact) mass is 420 g/mol. The van der Waals surface area contributed by atoms with E-state index in [0.29, 0.717) is 5.92 Å². The first-order valence-electron chi connectivity index (χ1n) is 10.2. The van der Waals surface area contributed by atoms with Crippen molar-refractivity contribution in [2.24, 2.45) is 5.92 Å². The molecule has 0 bridgehead atoms. The summed E-state index contributed by atoms with van der Waals surface area (Å²) in [5, 5.41) is 3.53. The molecule has 3 nitrogen and oxygen atoms in total. The number of H-pyrrole nitrogens is 1. The fourth-order valence-corrected chi connectivity index (χ4v) is 6.61. The number of aryl methyl sites for hydroxylation is 1. The highest BCUT2D eigenvalue weighted by Crippen LogP contribution is 2.37. The Labute approximate surface area is 178 Å². The number of thiophene rings is 1. The maximum atomic E-state index is 12.9. The summed E-state index contributed by atoms with van der Waals surface area (Å²) >= 11 is 3.55. The predicted octanol–water partition coefficient (Wildman–Crippen LogP) is 6.26. The average Bonchev–Trinajstić information content (AvgIpc) is 3.09. The van der Waals surface area contributed by atoms with Crippen molar-refractivity contribution < 1.29 is 0 Å². The third-order valence-electron chi connectivity index (χ3n) is 5.94. The topological polar surface area (TPSA) is 45.8 Å². The molecule has 1 aliphatic carbocycles. The van der Waals surface area contributed by atoms with E-state index in [9.17, 15) is 4.79 Å². The van der Waals surface area contributed by atoms with Crippen LogP contribution >= 0.6 is 23.1 Å². The molecule has 0 spiro atoms. The van der Waals surface area contributed by atoms with Crippen LogP contribution in [0.5, 0.6) is 0 Å². The van der Waals surface area contributed by atoms with Crippen LogP contribution in [0.3, 0.4) is 0 Å². The van der Waals surface area contributed by atoms with E-state index in [4.69, 9.17) is 4.98 Å². The third kappa shape index (κ3) is 3.51. The standard InChI is InChI=1S/C24H24N2OS2/c1-14-10-11-19-20(12-14)29-24-21(19)23(27)25-22(26-24)15(2)28-13-17-8-5-7-16-6-3-4-9-18(16)17/h3-9,14-15H,10-13H2,1-2H3,(H,25,26,27)/t14-,15-/m0/s1. The molecule has 2 aromatic carbocycles. The van der Waals surface area contributed by atoms with Crippen molar-refractivity contribution in [3.05, 3.63) is 74.6 Å². The fraction of sp³-hybridized carbons (Fsp3) is 0.333. The number of fused-ring (bicyclic) bond motifs is 4. The Kier molecular flexibility index (Phi) is 4.96. The molecule has 2 atom stereocenters. The van der Waals surface area contributed by atoms with Gasteiger partial charge in [-0.05, 0) is 54.0 Å². The van der Waals surface area contributed by atoms with E-state index in [0.717, 1.165) is 41.1 Å². The summed E-state index contributed by atoms with van der Waals surface area (Å²) in [7, 11) is 0. The minimum Gasteiger partial charge on any atom is -0.309 e. The molecule has 5 rings (SSSR count). The zero-order chi connectivity index (χ0) is 20.0. The van der Waals surface area contributed by atoms with Crippen LogP contribution in [-0.4, -0.2) is 9.97 Å². The second-order valence-electron chi connectivity index (χ2n) is 8.07. The number of aromatic nitrogens is 2. The fourth-order valence-electron chi connectivity index (χ4n) is 4.27. The average molecular weight is 421 g/mol. The van der Waals surface area contributed by atoms with Crippen molar-refractivity contribution in [2.45, 2.75) is 44.1 Å². The summed E-state index contributed by atoms with van der Waals surface area (Å²) in [6.45, 7) is 4.43. The minimum atomic E-state index is 0.0367. The summed E-state index contributed by atoms with van der Waals surface area (Å²) < 4.78 is 0. The van der Waals surface area contributed by atoms with Gasteiger partial charge < -0.3 is 4.98 Å². The van der Waals surface area contributed by atoms with Gasteiger partial charge in [0.2, 0.25) is 0 Å². The minimum absolute atomic E-state index is 0.0367. The van der Waals surface area contributed by atoms with E-state index in [-0.39, 0.29) is 10.8 Å². The van der Waals surface area contributed by atoms with Crippen molar-refractivity contribution >= 4 is 44.1 Å². The van der Waals surface area contributed by atoms with Gasteiger partial charge in [0.25, 0.3) is 5.56 Å². The van der Waals surface area contributed by atoms with Gasteiger partial charge in [0.15, 0.2) is 0 Å². The summed E-state index contributed by atoms with van der Waals surface area (Å²) in [5.74, 6) is 2.38. The molecule has 5 heteroatoms. The van der Waals surface area contributed by atoms with Gasteiger partial charge >= 0.3 is 0 Å². The Balaban J connectivity index is 1.42. The first-order chi connectivity index (χ1) is 14.1. The maximum absolute atomic E-state index is 12.9. The van der Waals surface area contributed by atoms with Crippen LogP contribution in [0.25, 0.3) is 21.0 Å². The van der Waals surface area contributed by atoms with Gasteiger partial charge in [0, 0.05) is 10.6 Å². The van der Waals surface area contributed by atoms with E-state index in [1.807, 2.05) is 11.8 Å². The first-order valence-corrected chi connectivity index (χ1v) is 12.1. The molecule has 0 amide bonds. The van der Waals surface area contributed by atoms with Gasteiger partial charge in [-0.15, -0.1) is 23.1 Å². The van der Waals surface area contributed by atoms with E-state index in [2.05, 4.69) is 61.3 Å². The van der Waals surface area contributed by atoms with E-state index in [1.54, 1.807) is 11.3 Å². The van der Waals surface area contributed by atoms with Gasteiger partial charge in [-0.1, -0.05) is 49.4 Å². The Hall–Kier alpha value is -2.11. The lowest BCUT2D eigenvalue weighted by Crippen LogP contribution is -2.15. The molecule has 0 saturated heterocycles. The van der Waals surface area contributed by atoms with Crippen LogP contribution in [0.4, 0.5) is 0 Å². The molecular formula is C24H24N2OS2. The normalized spacial score (nSPS) is 17.5. The number of hydrogen-bond donors (Lipinski definition) is 1. The van der Waals surface area contributed by atoms with Crippen molar-refractivity contribution in [1.29, 1.82) is 0 Å². The molecule has 0 fully saturated rings. The molecule has 1 N–H and O–H groups in total. The Bertz CT molecular complexity index is 1250. The molecular weight excluding hydrogens is 396 g/mol. The zero-order valence-corrected chi connectivity index (χ0v) is 18.3. The number of nitrogens with zero attached hydrogens (tertiary/aromatic N) is 1. The molecule has 0 saturated carbocycles. The molecule has 1 aliphatic rings. The summed E-state index contributed by atoms with van der Waals surface area (Å²) in [4.78, 5) is 23.1. The summed E-state index contributed by atoms with van der Waals surface area (Å²) in [5.41, 5.74) is 2.61. The molecule has 2 aromatic heterocycles. The van der Waals surface area contributed by atoms with E-state index >= 15 is 0 Å². The quantitative estimate of drug-likeness (QED) is 0.424. The highest BCUT2D eigenvalue weighted by Gasteiger charge is 2.23. The Morgan fingerprint density at radius 2 is 2.07 bits per heavy atom. The summed E-state index contributed by atoms with van der Waals surface area (Å²) in [6.07, 6.45) is 3.25. The van der Waals surface area contributed by atoms with Crippen molar-refractivity contribution in [2.75, 3.05) is 0 Å². The third-order valence-corrected chi connectivity index (χ3v) is 8.29. The molecule has 148 valence electrons. The number of rotatable bonds is 4. The van der Waals surface area contributed by atoms with Gasteiger partial charge in [0.05, 0.1) is 10.6 Å². The van der Waals surface area contributed by atoms with Gasteiger partial charge in [-0.25, -0.2) is 4.98 Å². The maximum Gasteiger partial charge on any atom is 0.259 e. The van der Waals surface area contributed by atoms with Crippen molar-refractivity contribution in [3.8, 4) is 0 Å². The first kappa shape index (κ1) is 18.9. The molecule has 29 heavy (non-hydrogen) atoms. The van der Waals surface area contributed by atoms with Crippen molar-refractivity contribution in [1.82, 2.24) is 9.97 Å². The smallest absolute Gasteiger partial charge is 0.259 e. The molecule has 4 aromatic rings. The largest absolute Gasteiger partial charge is 0.309 e. The van der Waals surface area contributed by atoms with Crippen LogP contribution in [0.15, 0.2) is 47.3 Å². The van der Waals surface area contributed by atoms with Crippen LogP contribution in [0, 0.1) is 5.92 Å². The number of nitrogens with one attached hydrogen (secondary N) is 1. The number of hydrogen-bond acceptors (Lipinski definition) is 4. The van der Waals surface area contributed by atoms with E-state index in [1.165, 1.54) is 26.8 Å². The highest BCUT2D eigenvalue weighted by atomic mass is 32.2. The SMILES string of the molecule is C[C@H]1CCc2c(sc3nc([C@H](C)SCc4cccc5ccccc45)[nH]c(=O)c23)C1. The predicted molar refractivity (Wildman–Crippen MR) is 125 cm³/mol. The summed E-state index contributed by atoms with van der Waals surface area (Å²) in [6, 6.07) is 15.0. The molecule has 0 aliphatic heterocycles. The van der Waals surface area contributed by atoms with Crippen LogP contribution in [0.1, 0.15) is 47.3 Å². The van der Waals surface area contributed by atoms with Crippen LogP contribution < -0.4 is 5.56 Å². The van der Waals surface area contributed by atoms with Gasteiger partial charge in [-0.2, -0.15) is 0 Å². The Morgan fingerprint density at radius 1 is 1.24 bits per heavy atom. The van der Waals surface area contributed by atoms with Crippen LogP contribution in [-0.2, 0) is 18.6 Å². The lowest BCUT2D eigenvalue weighted by molar-refractivity contribution is 0.509. The number of aromatic amines is 1. The second-order valence-corrected chi connectivity index (χ2v) is 10.5. The molecule has 0 unspecified atom stereocenters.